The van der Waals surface area contributed by atoms with Crippen molar-refractivity contribution in [3.05, 3.63) is 65.2 Å². The van der Waals surface area contributed by atoms with Gasteiger partial charge in [-0.25, -0.2) is 0 Å². The molecule has 0 spiro atoms. The normalized spacial score (nSPS) is 16.9. The molecule has 1 atom stereocenters. The molecular formula is C18H16Cl2NO2Y-. The zero-order valence-electron chi connectivity index (χ0n) is 13.0. The van der Waals surface area contributed by atoms with Crippen molar-refractivity contribution in [2.75, 3.05) is 4.90 Å². The molecule has 1 heterocycles. The van der Waals surface area contributed by atoms with Gasteiger partial charge in [-0.1, -0.05) is 35.3 Å². The maximum atomic E-state index is 12.3. The maximum Gasteiger partial charge on any atom is 0.227 e. The van der Waals surface area contributed by atoms with Gasteiger partial charge < -0.3 is 9.64 Å². The number of hydrogen-bond donors (Lipinski definition) is 0. The van der Waals surface area contributed by atoms with Crippen LogP contribution in [0, 0.1) is 7.11 Å². The first kappa shape index (κ1) is 19.7. The van der Waals surface area contributed by atoms with Gasteiger partial charge in [-0.3, -0.25) is 4.79 Å². The molecule has 1 radical (unpaired) electrons. The summed E-state index contributed by atoms with van der Waals surface area (Å²) in [5, 5.41) is 1.05. The van der Waals surface area contributed by atoms with Crippen LogP contribution in [0.4, 0.5) is 5.69 Å². The van der Waals surface area contributed by atoms with Gasteiger partial charge in [-0.2, -0.15) is 7.11 Å². The van der Waals surface area contributed by atoms with Gasteiger partial charge in [-0.15, -0.1) is 0 Å². The number of amides is 1. The Labute approximate surface area is 177 Å². The van der Waals surface area contributed by atoms with Crippen LogP contribution in [0.5, 0.6) is 5.75 Å². The Balaban J connectivity index is 0.00000208. The minimum Gasteiger partial charge on any atom is -0.665 e. The number of anilines is 1. The minimum absolute atomic E-state index is 0. The SMILES string of the molecule is [CH2-]Oc1cccc(C[C@@H]2CCC(=O)N2c2cc(Cl)cc(Cl)c2)c1.[Y]. The maximum absolute atomic E-state index is 12.3. The molecule has 3 nitrogen and oxygen atoms in total. The fourth-order valence-electron chi connectivity index (χ4n) is 3.00. The molecular weight excluding hydrogens is 422 g/mol. The summed E-state index contributed by atoms with van der Waals surface area (Å²) in [5.41, 5.74) is 1.85. The van der Waals surface area contributed by atoms with Gasteiger partial charge in [0.1, 0.15) is 0 Å². The van der Waals surface area contributed by atoms with E-state index in [0.717, 1.165) is 24.1 Å². The summed E-state index contributed by atoms with van der Waals surface area (Å²) in [6, 6.07) is 13.0. The number of halogens is 2. The Bertz CT molecular complexity index is 718. The zero-order chi connectivity index (χ0) is 16.4. The molecule has 3 rings (SSSR count). The predicted octanol–water partition coefficient (Wildman–Crippen LogP) is 4.90. The van der Waals surface area contributed by atoms with Crippen molar-refractivity contribution in [1.29, 1.82) is 0 Å². The topological polar surface area (TPSA) is 29.5 Å². The summed E-state index contributed by atoms with van der Waals surface area (Å²) in [5.74, 6) is 0.807. The molecule has 1 aliphatic rings. The van der Waals surface area contributed by atoms with Crippen LogP contribution in [-0.2, 0) is 43.9 Å². The Morgan fingerprint density at radius 2 is 1.88 bits per heavy atom. The van der Waals surface area contributed by atoms with Crippen LogP contribution < -0.4 is 9.64 Å². The summed E-state index contributed by atoms with van der Waals surface area (Å²) in [4.78, 5) is 14.1. The van der Waals surface area contributed by atoms with Gasteiger partial charge in [0.05, 0.1) is 5.75 Å². The standard InChI is InChI=1S/C18H16Cl2NO2.Y/c1-23-17-4-2-3-12(8-17)7-15-5-6-18(22)21(15)16-10-13(19)9-14(20)11-16;/h2-4,8-11,15H,1,5-7H2;/q-1;/t15-;/m0./s1. The molecule has 0 unspecified atom stereocenters. The fourth-order valence-corrected chi connectivity index (χ4v) is 3.52. The van der Waals surface area contributed by atoms with Gasteiger partial charge in [-0.05, 0) is 48.7 Å². The molecule has 24 heavy (non-hydrogen) atoms. The van der Waals surface area contributed by atoms with Crippen molar-refractivity contribution in [3.63, 3.8) is 0 Å². The number of rotatable bonds is 4. The van der Waals surface area contributed by atoms with Gasteiger partial charge in [0.25, 0.3) is 0 Å². The number of hydrogen-bond acceptors (Lipinski definition) is 2. The first-order valence-corrected chi connectivity index (χ1v) is 8.11. The molecule has 123 valence electrons. The van der Waals surface area contributed by atoms with Crippen molar-refractivity contribution in [3.8, 4) is 5.75 Å². The monoisotopic (exact) mass is 437 g/mol. The number of nitrogens with zero attached hydrogens (tertiary/aromatic N) is 1. The number of carbonyl (C=O) groups excluding carboxylic acids is 1. The summed E-state index contributed by atoms with van der Waals surface area (Å²) < 4.78 is 5.02. The van der Waals surface area contributed by atoms with Crippen molar-refractivity contribution in [2.45, 2.75) is 25.3 Å². The van der Waals surface area contributed by atoms with Crippen molar-refractivity contribution in [2.24, 2.45) is 0 Å². The molecule has 6 heteroatoms. The van der Waals surface area contributed by atoms with Crippen LogP contribution in [-0.4, -0.2) is 11.9 Å². The quantitative estimate of drug-likeness (QED) is 0.636. The summed E-state index contributed by atoms with van der Waals surface area (Å²) >= 11 is 12.2. The smallest absolute Gasteiger partial charge is 0.227 e. The van der Waals surface area contributed by atoms with Crippen molar-refractivity contribution in [1.82, 2.24) is 0 Å². The van der Waals surface area contributed by atoms with E-state index in [-0.39, 0.29) is 44.7 Å². The molecule has 1 aliphatic heterocycles. The molecule has 0 N–H and O–H groups in total. The van der Waals surface area contributed by atoms with Crippen LogP contribution in [0.2, 0.25) is 10.0 Å². The molecule has 2 aromatic carbocycles. The molecule has 1 amide bonds. The first-order valence-electron chi connectivity index (χ1n) is 7.36. The third kappa shape index (κ3) is 4.51. The summed E-state index contributed by atoms with van der Waals surface area (Å²) in [6.07, 6.45) is 2.08. The Kier molecular flexibility index (Phi) is 7.12. The minimum atomic E-state index is 0. The molecule has 2 aromatic rings. The molecule has 0 bridgehead atoms. The van der Waals surface area contributed by atoms with Crippen LogP contribution >= 0.6 is 23.2 Å². The van der Waals surface area contributed by atoms with E-state index in [1.165, 1.54) is 0 Å². The van der Waals surface area contributed by atoms with E-state index in [2.05, 4.69) is 7.11 Å². The summed E-state index contributed by atoms with van der Waals surface area (Å²) in [7, 11) is 3.43. The average molecular weight is 438 g/mol. The van der Waals surface area contributed by atoms with E-state index >= 15 is 0 Å². The number of benzene rings is 2. The second-order valence-electron chi connectivity index (χ2n) is 5.58. The van der Waals surface area contributed by atoms with Gasteiger partial charge in [0.15, 0.2) is 0 Å². The second kappa shape index (κ2) is 8.66. The van der Waals surface area contributed by atoms with Gasteiger partial charge in [0.2, 0.25) is 5.91 Å². The van der Waals surface area contributed by atoms with E-state index < -0.39 is 0 Å². The van der Waals surface area contributed by atoms with Gasteiger partial charge in [0, 0.05) is 60.9 Å². The largest absolute Gasteiger partial charge is 0.665 e. The average Bonchev–Trinajstić information content (AvgIpc) is 2.87. The molecule has 0 saturated carbocycles. The Morgan fingerprint density at radius 3 is 2.54 bits per heavy atom. The van der Waals surface area contributed by atoms with Crippen LogP contribution in [0.3, 0.4) is 0 Å². The van der Waals surface area contributed by atoms with Crippen molar-refractivity contribution < 1.29 is 42.2 Å². The third-order valence-corrected chi connectivity index (χ3v) is 4.42. The molecule has 1 saturated heterocycles. The molecule has 0 aromatic heterocycles. The van der Waals surface area contributed by atoms with Crippen LogP contribution in [0.15, 0.2) is 42.5 Å². The molecule has 0 aliphatic carbocycles. The van der Waals surface area contributed by atoms with Crippen LogP contribution in [0.1, 0.15) is 18.4 Å². The Hall–Kier alpha value is -0.606. The van der Waals surface area contributed by atoms with Crippen molar-refractivity contribution >= 4 is 34.8 Å². The van der Waals surface area contributed by atoms with E-state index in [9.17, 15) is 4.79 Å². The van der Waals surface area contributed by atoms with E-state index in [0.29, 0.717) is 22.2 Å². The van der Waals surface area contributed by atoms with E-state index in [1.54, 1.807) is 23.1 Å². The number of carbonyl (C=O) groups is 1. The van der Waals surface area contributed by atoms with E-state index in [4.69, 9.17) is 27.9 Å². The van der Waals surface area contributed by atoms with Crippen LogP contribution in [0.25, 0.3) is 0 Å². The second-order valence-corrected chi connectivity index (χ2v) is 6.45. The predicted molar refractivity (Wildman–Crippen MR) is 93.1 cm³/mol. The first-order chi connectivity index (χ1) is 11.1. The fraction of sp³-hybridized carbons (Fsp3) is 0.222. The zero-order valence-corrected chi connectivity index (χ0v) is 17.4. The summed E-state index contributed by atoms with van der Waals surface area (Å²) in [6.45, 7) is 0. The third-order valence-electron chi connectivity index (χ3n) is 3.99. The van der Waals surface area contributed by atoms with Gasteiger partial charge >= 0.3 is 0 Å². The molecule has 1 fully saturated rings. The van der Waals surface area contributed by atoms with E-state index in [1.807, 2.05) is 24.3 Å². The number of ether oxygens (including phenoxy) is 1. The Morgan fingerprint density at radius 1 is 1.17 bits per heavy atom.